The highest BCUT2D eigenvalue weighted by Crippen LogP contribution is 2.35. The second kappa shape index (κ2) is 7.56. The monoisotopic (exact) mass is 353 g/mol. The van der Waals surface area contributed by atoms with Crippen LogP contribution in [0.2, 0.25) is 0 Å². The smallest absolute Gasteiger partial charge is 0.357 e. The lowest BCUT2D eigenvalue weighted by molar-refractivity contribution is 0.0519. The first-order chi connectivity index (χ1) is 12.6. The van der Waals surface area contributed by atoms with Crippen molar-refractivity contribution < 1.29 is 14.3 Å². The van der Waals surface area contributed by atoms with Crippen molar-refractivity contribution in [1.29, 1.82) is 0 Å². The van der Waals surface area contributed by atoms with Gasteiger partial charge in [0.25, 0.3) is 0 Å². The van der Waals surface area contributed by atoms with Crippen molar-refractivity contribution in [2.45, 2.75) is 33.6 Å². The second-order valence-electron chi connectivity index (χ2n) is 6.00. The Labute approximate surface area is 152 Å². The molecule has 0 N–H and O–H groups in total. The van der Waals surface area contributed by atoms with Gasteiger partial charge in [0.2, 0.25) is 0 Å². The summed E-state index contributed by atoms with van der Waals surface area (Å²) in [4.78, 5) is 16.9. The molecule has 0 saturated heterocycles. The van der Waals surface area contributed by atoms with Crippen LogP contribution >= 0.6 is 0 Å². The molecule has 2 heterocycles. The zero-order valence-corrected chi connectivity index (χ0v) is 15.6. The van der Waals surface area contributed by atoms with Crippen molar-refractivity contribution in [3.63, 3.8) is 0 Å². The number of esters is 1. The minimum absolute atomic E-state index is 0.304. The summed E-state index contributed by atoms with van der Waals surface area (Å²) in [5.41, 5.74) is 4.48. The van der Waals surface area contributed by atoms with Crippen LogP contribution in [-0.2, 0) is 11.2 Å². The largest absolute Gasteiger partial charge is 0.496 e. The zero-order valence-electron chi connectivity index (χ0n) is 15.6. The number of benzene rings is 1. The molecule has 0 spiro atoms. The summed E-state index contributed by atoms with van der Waals surface area (Å²) >= 11 is 0. The maximum atomic E-state index is 12.3. The molecular formula is C20H23N3O3. The number of carbonyl (C=O) groups excluding carboxylic acids is 1. The van der Waals surface area contributed by atoms with E-state index in [0.29, 0.717) is 17.9 Å². The highest BCUT2D eigenvalue weighted by molar-refractivity contribution is 5.90. The minimum atomic E-state index is -0.419. The molecule has 0 aliphatic rings. The minimum Gasteiger partial charge on any atom is -0.496 e. The van der Waals surface area contributed by atoms with Gasteiger partial charge in [0.15, 0.2) is 11.3 Å². The van der Waals surface area contributed by atoms with E-state index < -0.39 is 5.97 Å². The number of hydrogen-bond acceptors (Lipinski definition) is 5. The molecule has 0 aliphatic heterocycles. The van der Waals surface area contributed by atoms with E-state index in [2.05, 4.69) is 17.0 Å². The summed E-state index contributed by atoms with van der Waals surface area (Å²) in [5, 5.41) is 4.68. The molecule has 136 valence electrons. The SMILES string of the molecule is CCCc1cc(C(=O)OCC)nc2c(-c3ccccc3OC)c(C)nn12. The first-order valence-electron chi connectivity index (χ1n) is 8.80. The van der Waals surface area contributed by atoms with Gasteiger partial charge in [0, 0.05) is 11.3 Å². The van der Waals surface area contributed by atoms with E-state index in [1.165, 1.54) is 0 Å². The number of aromatic nitrogens is 3. The number of nitrogens with zero attached hydrogens (tertiary/aromatic N) is 3. The third-order valence-electron chi connectivity index (χ3n) is 4.20. The number of aryl methyl sites for hydroxylation is 2. The first kappa shape index (κ1) is 17.9. The number of rotatable bonds is 6. The Morgan fingerprint density at radius 1 is 1.23 bits per heavy atom. The van der Waals surface area contributed by atoms with E-state index in [9.17, 15) is 4.79 Å². The van der Waals surface area contributed by atoms with Gasteiger partial charge in [-0.3, -0.25) is 0 Å². The lowest BCUT2D eigenvalue weighted by atomic mass is 10.0. The van der Waals surface area contributed by atoms with Crippen molar-refractivity contribution in [1.82, 2.24) is 14.6 Å². The summed E-state index contributed by atoms with van der Waals surface area (Å²) in [5.74, 6) is 0.322. The lowest BCUT2D eigenvalue weighted by Gasteiger charge is -2.10. The number of fused-ring (bicyclic) bond motifs is 1. The Morgan fingerprint density at radius 3 is 2.69 bits per heavy atom. The molecule has 0 unspecified atom stereocenters. The van der Waals surface area contributed by atoms with E-state index in [-0.39, 0.29) is 0 Å². The van der Waals surface area contributed by atoms with Crippen molar-refractivity contribution in [3.05, 3.63) is 47.4 Å². The average molecular weight is 353 g/mol. The Kier molecular flexibility index (Phi) is 5.21. The predicted molar refractivity (Wildman–Crippen MR) is 99.7 cm³/mol. The normalized spacial score (nSPS) is 10.9. The van der Waals surface area contributed by atoms with Gasteiger partial charge in [-0.2, -0.15) is 5.10 Å². The van der Waals surface area contributed by atoms with Gasteiger partial charge in [-0.1, -0.05) is 31.5 Å². The fourth-order valence-corrected chi connectivity index (χ4v) is 3.09. The van der Waals surface area contributed by atoms with E-state index in [1.807, 2.05) is 35.7 Å². The molecule has 3 aromatic rings. The van der Waals surface area contributed by atoms with Crippen LogP contribution in [-0.4, -0.2) is 34.3 Å². The molecule has 0 saturated carbocycles. The Balaban J connectivity index is 2.30. The first-order valence-corrected chi connectivity index (χ1v) is 8.80. The molecular weight excluding hydrogens is 330 g/mol. The Hall–Kier alpha value is -2.89. The maximum absolute atomic E-state index is 12.3. The van der Waals surface area contributed by atoms with Crippen molar-refractivity contribution >= 4 is 11.6 Å². The standard InChI is InChI=1S/C20H23N3O3/c1-5-9-14-12-16(20(24)26-6-2)21-19-18(13(3)22-23(14)19)15-10-7-8-11-17(15)25-4/h7-8,10-12H,5-6,9H2,1-4H3. The topological polar surface area (TPSA) is 65.7 Å². The predicted octanol–water partition coefficient (Wildman–Crippen LogP) is 3.84. The molecule has 2 aromatic heterocycles. The van der Waals surface area contributed by atoms with Crippen LogP contribution < -0.4 is 4.74 Å². The molecule has 1 aromatic carbocycles. The molecule has 0 fully saturated rings. The fourth-order valence-electron chi connectivity index (χ4n) is 3.09. The summed E-state index contributed by atoms with van der Waals surface area (Å²) in [6.45, 7) is 6.13. The van der Waals surface area contributed by atoms with Gasteiger partial charge in [-0.15, -0.1) is 0 Å². The third-order valence-corrected chi connectivity index (χ3v) is 4.20. The zero-order chi connectivity index (χ0) is 18.7. The molecule has 6 nitrogen and oxygen atoms in total. The highest BCUT2D eigenvalue weighted by Gasteiger charge is 2.21. The summed E-state index contributed by atoms with van der Waals surface area (Å²) in [6.07, 6.45) is 1.72. The Bertz CT molecular complexity index is 947. The van der Waals surface area contributed by atoms with Gasteiger partial charge < -0.3 is 9.47 Å². The summed E-state index contributed by atoms with van der Waals surface area (Å²) < 4.78 is 12.5. The third kappa shape index (κ3) is 3.14. The van der Waals surface area contributed by atoms with Crippen LogP contribution in [0.4, 0.5) is 0 Å². The lowest BCUT2D eigenvalue weighted by Crippen LogP contribution is -2.11. The van der Waals surface area contributed by atoms with Gasteiger partial charge in [0.05, 0.1) is 25.0 Å². The number of hydrogen-bond donors (Lipinski definition) is 0. The van der Waals surface area contributed by atoms with E-state index >= 15 is 0 Å². The van der Waals surface area contributed by atoms with Crippen LogP contribution in [0, 0.1) is 6.92 Å². The van der Waals surface area contributed by atoms with Crippen LogP contribution in [0.15, 0.2) is 30.3 Å². The van der Waals surface area contributed by atoms with E-state index in [4.69, 9.17) is 9.47 Å². The van der Waals surface area contributed by atoms with Gasteiger partial charge >= 0.3 is 5.97 Å². The number of methoxy groups -OCH3 is 1. The second-order valence-corrected chi connectivity index (χ2v) is 6.00. The number of carbonyl (C=O) groups is 1. The fraction of sp³-hybridized carbons (Fsp3) is 0.350. The van der Waals surface area contributed by atoms with Crippen molar-refractivity contribution in [2.75, 3.05) is 13.7 Å². The number of para-hydroxylation sites is 1. The maximum Gasteiger partial charge on any atom is 0.357 e. The van der Waals surface area contributed by atoms with Crippen molar-refractivity contribution in [3.8, 4) is 16.9 Å². The van der Waals surface area contributed by atoms with E-state index in [1.54, 1.807) is 20.1 Å². The molecule has 6 heteroatoms. The van der Waals surface area contributed by atoms with E-state index in [0.717, 1.165) is 41.1 Å². The summed E-state index contributed by atoms with van der Waals surface area (Å²) in [7, 11) is 1.64. The Morgan fingerprint density at radius 2 is 2.00 bits per heavy atom. The highest BCUT2D eigenvalue weighted by atomic mass is 16.5. The van der Waals surface area contributed by atoms with Crippen LogP contribution in [0.25, 0.3) is 16.8 Å². The van der Waals surface area contributed by atoms with Crippen molar-refractivity contribution in [2.24, 2.45) is 0 Å². The molecule has 26 heavy (non-hydrogen) atoms. The molecule has 0 amide bonds. The molecule has 0 aliphatic carbocycles. The molecule has 0 atom stereocenters. The summed E-state index contributed by atoms with van der Waals surface area (Å²) in [6, 6.07) is 9.51. The van der Waals surface area contributed by atoms with Crippen LogP contribution in [0.1, 0.15) is 42.1 Å². The molecule has 3 rings (SSSR count). The van der Waals surface area contributed by atoms with Gasteiger partial charge in [-0.25, -0.2) is 14.3 Å². The molecule has 0 radical (unpaired) electrons. The quantitative estimate of drug-likeness (QED) is 0.630. The van der Waals surface area contributed by atoms with Gasteiger partial charge in [-0.05, 0) is 32.4 Å². The van der Waals surface area contributed by atoms with Crippen LogP contribution in [0.3, 0.4) is 0 Å². The number of ether oxygens (including phenoxy) is 2. The van der Waals surface area contributed by atoms with Gasteiger partial charge in [0.1, 0.15) is 5.75 Å². The molecule has 0 bridgehead atoms. The average Bonchev–Trinajstić information content (AvgIpc) is 2.98. The van der Waals surface area contributed by atoms with Crippen LogP contribution in [0.5, 0.6) is 5.75 Å².